The molecule has 0 radical (unpaired) electrons. The summed E-state index contributed by atoms with van der Waals surface area (Å²) in [7, 11) is 0. The smallest absolute Gasteiger partial charge is 0.145 e. The lowest BCUT2D eigenvalue weighted by molar-refractivity contribution is 0.225. The first-order chi connectivity index (χ1) is 7.43. The molecule has 1 saturated heterocycles. The van der Waals surface area contributed by atoms with Crippen molar-refractivity contribution in [2.24, 2.45) is 0 Å². The average Bonchev–Trinajstić information content (AvgIpc) is 2.87. The first-order valence-corrected chi connectivity index (χ1v) is 5.23. The Bertz CT molecular complexity index is 460. The van der Waals surface area contributed by atoms with Crippen LogP contribution in [0.15, 0.2) is 24.4 Å². The number of hydrogen-bond donors (Lipinski definition) is 2. The van der Waals surface area contributed by atoms with Gasteiger partial charge in [-0.15, -0.1) is 0 Å². The summed E-state index contributed by atoms with van der Waals surface area (Å²) >= 11 is 0. The number of para-hydroxylation sites is 1. The summed E-state index contributed by atoms with van der Waals surface area (Å²) in [6.45, 7) is 1.98. The molecule has 0 bridgehead atoms. The molecule has 0 aliphatic carbocycles. The molecule has 0 amide bonds. The SMILES string of the molecule is c1cc(OC2CCNC2)c2[nH]ncc2c1. The Morgan fingerprint density at radius 3 is 3.27 bits per heavy atom. The molecule has 1 aromatic carbocycles. The van der Waals surface area contributed by atoms with Crippen LogP contribution in [-0.2, 0) is 0 Å². The highest BCUT2D eigenvalue weighted by Gasteiger charge is 2.17. The molecule has 2 aromatic rings. The molecule has 0 saturated carbocycles. The van der Waals surface area contributed by atoms with Crippen LogP contribution in [0.25, 0.3) is 10.9 Å². The zero-order valence-corrected chi connectivity index (χ0v) is 8.36. The van der Waals surface area contributed by atoms with Gasteiger partial charge in [-0.25, -0.2) is 0 Å². The minimum Gasteiger partial charge on any atom is -0.487 e. The molecular formula is C11H13N3O. The van der Waals surface area contributed by atoms with Crippen molar-refractivity contribution >= 4 is 10.9 Å². The van der Waals surface area contributed by atoms with Gasteiger partial charge in [0.2, 0.25) is 0 Å². The second-order valence-corrected chi connectivity index (χ2v) is 3.82. The molecule has 2 N–H and O–H groups in total. The quantitative estimate of drug-likeness (QED) is 0.773. The van der Waals surface area contributed by atoms with E-state index in [0.29, 0.717) is 6.10 Å². The summed E-state index contributed by atoms with van der Waals surface area (Å²) in [5.41, 5.74) is 0.990. The molecule has 2 heterocycles. The highest BCUT2D eigenvalue weighted by atomic mass is 16.5. The van der Waals surface area contributed by atoms with Crippen LogP contribution < -0.4 is 10.1 Å². The summed E-state index contributed by atoms with van der Waals surface area (Å²) in [6, 6.07) is 6.01. The molecule has 1 fully saturated rings. The van der Waals surface area contributed by atoms with Gasteiger partial charge in [0.05, 0.1) is 6.20 Å². The number of benzene rings is 1. The van der Waals surface area contributed by atoms with E-state index in [9.17, 15) is 0 Å². The van der Waals surface area contributed by atoms with E-state index in [1.807, 2.05) is 24.4 Å². The molecule has 3 rings (SSSR count). The van der Waals surface area contributed by atoms with Crippen molar-refractivity contribution in [2.45, 2.75) is 12.5 Å². The third-order valence-electron chi connectivity index (χ3n) is 2.75. The molecule has 1 atom stereocenters. The van der Waals surface area contributed by atoms with Crippen molar-refractivity contribution in [3.8, 4) is 5.75 Å². The van der Waals surface area contributed by atoms with Crippen LogP contribution in [0.4, 0.5) is 0 Å². The largest absolute Gasteiger partial charge is 0.487 e. The van der Waals surface area contributed by atoms with Gasteiger partial charge in [-0.3, -0.25) is 5.10 Å². The van der Waals surface area contributed by atoms with Gasteiger partial charge in [-0.05, 0) is 19.0 Å². The maximum Gasteiger partial charge on any atom is 0.145 e. The van der Waals surface area contributed by atoms with Gasteiger partial charge in [0.15, 0.2) is 0 Å². The number of rotatable bonds is 2. The van der Waals surface area contributed by atoms with Crippen molar-refractivity contribution < 1.29 is 4.74 Å². The molecule has 1 aliphatic rings. The van der Waals surface area contributed by atoms with E-state index >= 15 is 0 Å². The van der Waals surface area contributed by atoms with Crippen molar-refractivity contribution in [3.63, 3.8) is 0 Å². The highest BCUT2D eigenvalue weighted by Crippen LogP contribution is 2.24. The maximum absolute atomic E-state index is 5.91. The van der Waals surface area contributed by atoms with E-state index in [4.69, 9.17) is 4.74 Å². The lowest BCUT2D eigenvalue weighted by Gasteiger charge is -2.12. The first kappa shape index (κ1) is 8.73. The van der Waals surface area contributed by atoms with Crippen LogP contribution in [0.5, 0.6) is 5.75 Å². The summed E-state index contributed by atoms with van der Waals surface area (Å²) in [6.07, 6.45) is 3.18. The van der Waals surface area contributed by atoms with Crippen LogP contribution >= 0.6 is 0 Å². The van der Waals surface area contributed by atoms with Crippen LogP contribution in [0.1, 0.15) is 6.42 Å². The fraction of sp³-hybridized carbons (Fsp3) is 0.364. The number of fused-ring (bicyclic) bond motifs is 1. The third-order valence-corrected chi connectivity index (χ3v) is 2.75. The summed E-state index contributed by atoms with van der Waals surface area (Å²) in [4.78, 5) is 0. The lowest BCUT2D eigenvalue weighted by atomic mass is 10.2. The second-order valence-electron chi connectivity index (χ2n) is 3.82. The molecule has 4 nitrogen and oxygen atoms in total. The van der Waals surface area contributed by atoms with Gasteiger partial charge < -0.3 is 10.1 Å². The number of hydrogen-bond acceptors (Lipinski definition) is 3. The highest BCUT2D eigenvalue weighted by molar-refractivity contribution is 5.83. The van der Waals surface area contributed by atoms with E-state index in [2.05, 4.69) is 15.5 Å². The van der Waals surface area contributed by atoms with E-state index < -0.39 is 0 Å². The lowest BCUT2D eigenvalue weighted by Crippen LogP contribution is -2.19. The Morgan fingerprint density at radius 2 is 2.40 bits per heavy atom. The average molecular weight is 203 g/mol. The molecule has 15 heavy (non-hydrogen) atoms. The Kier molecular flexibility index (Phi) is 2.07. The first-order valence-electron chi connectivity index (χ1n) is 5.23. The molecule has 4 heteroatoms. The standard InChI is InChI=1S/C11H13N3O/c1-2-8-6-13-14-11(8)10(3-1)15-9-4-5-12-7-9/h1-3,6,9,12H,4-5,7H2,(H,13,14). The zero-order valence-electron chi connectivity index (χ0n) is 8.36. The Labute approximate surface area is 87.6 Å². The maximum atomic E-state index is 5.91. The fourth-order valence-electron chi connectivity index (χ4n) is 1.95. The summed E-state index contributed by atoms with van der Waals surface area (Å²) in [5.74, 6) is 0.902. The van der Waals surface area contributed by atoms with Crippen molar-refractivity contribution in [1.82, 2.24) is 15.5 Å². The van der Waals surface area contributed by atoms with Crippen molar-refractivity contribution in [3.05, 3.63) is 24.4 Å². The number of aromatic nitrogens is 2. The molecule has 78 valence electrons. The van der Waals surface area contributed by atoms with Crippen molar-refractivity contribution in [2.75, 3.05) is 13.1 Å². The van der Waals surface area contributed by atoms with Gasteiger partial charge >= 0.3 is 0 Å². The van der Waals surface area contributed by atoms with Gasteiger partial charge in [0, 0.05) is 11.9 Å². The summed E-state index contributed by atoms with van der Waals surface area (Å²) in [5, 5.41) is 11.4. The second kappa shape index (κ2) is 3.55. The Morgan fingerprint density at radius 1 is 1.40 bits per heavy atom. The van der Waals surface area contributed by atoms with E-state index in [1.165, 1.54) is 0 Å². The van der Waals surface area contributed by atoms with Gasteiger partial charge in [0.1, 0.15) is 17.4 Å². The van der Waals surface area contributed by atoms with Crippen LogP contribution in [0, 0.1) is 0 Å². The molecule has 0 spiro atoms. The monoisotopic (exact) mass is 203 g/mol. The van der Waals surface area contributed by atoms with E-state index in [1.54, 1.807) is 0 Å². The number of nitrogens with zero attached hydrogens (tertiary/aromatic N) is 1. The minimum atomic E-state index is 0.291. The van der Waals surface area contributed by atoms with Crippen LogP contribution in [0.3, 0.4) is 0 Å². The molecular weight excluding hydrogens is 190 g/mol. The van der Waals surface area contributed by atoms with E-state index in [-0.39, 0.29) is 0 Å². The number of nitrogens with one attached hydrogen (secondary N) is 2. The Balaban J connectivity index is 1.92. The zero-order chi connectivity index (χ0) is 10.1. The van der Waals surface area contributed by atoms with Gasteiger partial charge in [-0.2, -0.15) is 5.10 Å². The number of ether oxygens (including phenoxy) is 1. The predicted molar refractivity (Wildman–Crippen MR) is 58.0 cm³/mol. The number of aromatic amines is 1. The Hall–Kier alpha value is -1.55. The third kappa shape index (κ3) is 1.57. The van der Waals surface area contributed by atoms with Gasteiger partial charge in [0.25, 0.3) is 0 Å². The summed E-state index contributed by atoms with van der Waals surface area (Å²) < 4.78 is 5.91. The predicted octanol–water partition coefficient (Wildman–Crippen LogP) is 1.30. The normalized spacial score (nSPS) is 20.9. The van der Waals surface area contributed by atoms with Crippen molar-refractivity contribution in [1.29, 1.82) is 0 Å². The molecule has 1 aliphatic heterocycles. The molecule has 1 unspecified atom stereocenters. The van der Waals surface area contributed by atoms with E-state index in [0.717, 1.165) is 36.2 Å². The molecule has 1 aromatic heterocycles. The fourth-order valence-corrected chi connectivity index (χ4v) is 1.95. The van der Waals surface area contributed by atoms with Gasteiger partial charge in [-0.1, -0.05) is 12.1 Å². The number of H-pyrrole nitrogens is 1. The van der Waals surface area contributed by atoms with Crippen LogP contribution in [0.2, 0.25) is 0 Å². The topological polar surface area (TPSA) is 49.9 Å². The van der Waals surface area contributed by atoms with Crippen LogP contribution in [-0.4, -0.2) is 29.4 Å². The minimum absolute atomic E-state index is 0.291.